The van der Waals surface area contributed by atoms with E-state index in [1.165, 1.54) is 6.42 Å². The van der Waals surface area contributed by atoms with Gasteiger partial charge in [-0.05, 0) is 12.3 Å². The molecule has 2 N–H and O–H groups in total. The summed E-state index contributed by atoms with van der Waals surface area (Å²) < 4.78 is 5.45. The van der Waals surface area contributed by atoms with Gasteiger partial charge in [-0.15, -0.1) is 0 Å². The molecule has 0 aliphatic carbocycles. The Morgan fingerprint density at radius 3 is 2.56 bits per heavy atom. The molecule has 0 bridgehead atoms. The van der Waals surface area contributed by atoms with E-state index in [0.29, 0.717) is 5.92 Å². The summed E-state index contributed by atoms with van der Waals surface area (Å²) in [7, 11) is 1.79. The predicted octanol–water partition coefficient (Wildman–Crippen LogP) is 1.62. The molecule has 0 aliphatic rings. The fourth-order valence-electron chi connectivity index (χ4n) is 1.11. The fraction of sp³-hybridized carbons (Fsp3) is 0.917. The molecule has 4 nitrogen and oxygen atoms in total. The smallest absolute Gasteiger partial charge is 0.191 e. The Bertz CT molecular complexity index is 181. The van der Waals surface area contributed by atoms with Crippen LogP contribution in [0.5, 0.6) is 0 Å². The van der Waals surface area contributed by atoms with Gasteiger partial charge in [0.2, 0.25) is 0 Å². The van der Waals surface area contributed by atoms with Gasteiger partial charge in [-0.1, -0.05) is 27.2 Å². The maximum atomic E-state index is 5.45. The lowest BCUT2D eigenvalue weighted by molar-refractivity contribution is 0.136. The van der Waals surface area contributed by atoms with Gasteiger partial charge >= 0.3 is 0 Å². The van der Waals surface area contributed by atoms with Gasteiger partial charge in [-0.3, -0.25) is 4.99 Å². The fourth-order valence-corrected chi connectivity index (χ4v) is 1.11. The lowest BCUT2D eigenvalue weighted by atomic mass is 10.2. The van der Waals surface area contributed by atoms with E-state index in [-0.39, 0.29) is 0 Å². The van der Waals surface area contributed by atoms with Gasteiger partial charge in [-0.25, -0.2) is 0 Å². The lowest BCUT2D eigenvalue weighted by Crippen LogP contribution is -2.40. The number of ether oxygens (including phenoxy) is 1. The highest BCUT2D eigenvalue weighted by molar-refractivity contribution is 5.79. The summed E-state index contributed by atoms with van der Waals surface area (Å²) in [6.45, 7) is 9.86. The van der Waals surface area contributed by atoms with Crippen LogP contribution in [0.25, 0.3) is 0 Å². The first-order chi connectivity index (χ1) is 7.70. The Hall–Kier alpha value is -0.770. The second kappa shape index (κ2) is 10.7. The molecule has 0 unspecified atom stereocenters. The number of rotatable bonds is 8. The minimum atomic E-state index is 0.624. The van der Waals surface area contributed by atoms with Crippen LogP contribution in [0.1, 0.15) is 33.6 Å². The van der Waals surface area contributed by atoms with E-state index in [4.69, 9.17) is 4.74 Å². The topological polar surface area (TPSA) is 45.6 Å². The van der Waals surface area contributed by atoms with E-state index >= 15 is 0 Å². The first-order valence-corrected chi connectivity index (χ1v) is 6.23. The SMILES string of the molecule is CCCCOCCNC(=NC)NCC(C)C. The highest BCUT2D eigenvalue weighted by Crippen LogP contribution is 1.87. The highest BCUT2D eigenvalue weighted by Gasteiger charge is 1.98. The van der Waals surface area contributed by atoms with Crippen molar-refractivity contribution in [2.45, 2.75) is 33.6 Å². The average molecular weight is 229 g/mol. The van der Waals surface area contributed by atoms with Crippen molar-refractivity contribution in [3.63, 3.8) is 0 Å². The number of nitrogens with one attached hydrogen (secondary N) is 2. The second-order valence-corrected chi connectivity index (χ2v) is 4.24. The first kappa shape index (κ1) is 15.2. The molecule has 0 rings (SSSR count). The predicted molar refractivity (Wildman–Crippen MR) is 69.9 cm³/mol. The van der Waals surface area contributed by atoms with Gasteiger partial charge in [0.1, 0.15) is 0 Å². The summed E-state index contributed by atoms with van der Waals surface area (Å²) in [5.74, 6) is 1.48. The zero-order valence-electron chi connectivity index (χ0n) is 11.2. The molecular formula is C12H27N3O. The van der Waals surface area contributed by atoms with Gasteiger partial charge in [-0.2, -0.15) is 0 Å². The molecule has 0 amide bonds. The Morgan fingerprint density at radius 2 is 2.00 bits per heavy atom. The number of nitrogens with zero attached hydrogens (tertiary/aromatic N) is 1. The van der Waals surface area contributed by atoms with Crippen LogP contribution in [0.2, 0.25) is 0 Å². The summed E-state index contributed by atoms with van der Waals surface area (Å²) in [6, 6.07) is 0. The van der Waals surface area contributed by atoms with E-state index in [9.17, 15) is 0 Å². The zero-order chi connectivity index (χ0) is 12.2. The third-order valence-electron chi connectivity index (χ3n) is 2.08. The van der Waals surface area contributed by atoms with Crippen LogP contribution in [0.3, 0.4) is 0 Å². The normalized spacial score (nSPS) is 11.9. The van der Waals surface area contributed by atoms with Crippen molar-refractivity contribution >= 4 is 5.96 Å². The number of hydrogen-bond donors (Lipinski definition) is 2. The highest BCUT2D eigenvalue weighted by atomic mass is 16.5. The number of hydrogen-bond acceptors (Lipinski definition) is 2. The molecule has 0 radical (unpaired) electrons. The first-order valence-electron chi connectivity index (χ1n) is 6.23. The van der Waals surface area contributed by atoms with E-state index in [0.717, 1.165) is 38.7 Å². The molecule has 0 saturated carbocycles. The van der Waals surface area contributed by atoms with Crippen molar-refractivity contribution in [1.29, 1.82) is 0 Å². The Morgan fingerprint density at radius 1 is 1.25 bits per heavy atom. The van der Waals surface area contributed by atoms with Crippen LogP contribution in [0.15, 0.2) is 4.99 Å². The number of guanidine groups is 1. The zero-order valence-corrected chi connectivity index (χ0v) is 11.2. The van der Waals surface area contributed by atoms with Gasteiger partial charge in [0.25, 0.3) is 0 Å². The summed E-state index contributed by atoms with van der Waals surface area (Å²) in [5.41, 5.74) is 0. The maximum Gasteiger partial charge on any atom is 0.191 e. The largest absolute Gasteiger partial charge is 0.380 e. The average Bonchev–Trinajstić information content (AvgIpc) is 2.27. The Labute approximate surface area is 99.9 Å². The van der Waals surface area contributed by atoms with Gasteiger partial charge in [0.15, 0.2) is 5.96 Å². The summed E-state index contributed by atoms with van der Waals surface area (Å²) in [4.78, 5) is 4.13. The number of unbranched alkanes of at least 4 members (excludes halogenated alkanes) is 1. The van der Waals surface area contributed by atoms with Crippen molar-refractivity contribution in [1.82, 2.24) is 10.6 Å². The lowest BCUT2D eigenvalue weighted by Gasteiger charge is -2.13. The Balaban J connectivity index is 3.42. The van der Waals surface area contributed by atoms with Gasteiger partial charge < -0.3 is 15.4 Å². The molecule has 0 aliphatic heterocycles. The third kappa shape index (κ3) is 9.77. The van der Waals surface area contributed by atoms with Crippen molar-refractivity contribution in [3.8, 4) is 0 Å². The quantitative estimate of drug-likeness (QED) is 0.378. The molecule has 0 aromatic heterocycles. The second-order valence-electron chi connectivity index (χ2n) is 4.24. The monoisotopic (exact) mass is 229 g/mol. The molecule has 0 fully saturated rings. The standard InChI is InChI=1S/C12H27N3O/c1-5-6-8-16-9-7-14-12(13-4)15-10-11(2)3/h11H,5-10H2,1-4H3,(H2,13,14,15). The van der Waals surface area contributed by atoms with E-state index in [2.05, 4.69) is 36.4 Å². The molecule has 0 aromatic rings. The molecule has 16 heavy (non-hydrogen) atoms. The Kier molecular flexibility index (Phi) is 10.2. The molecule has 0 aromatic carbocycles. The molecule has 0 saturated heterocycles. The van der Waals surface area contributed by atoms with Crippen LogP contribution < -0.4 is 10.6 Å². The van der Waals surface area contributed by atoms with Crippen LogP contribution in [-0.4, -0.2) is 39.3 Å². The van der Waals surface area contributed by atoms with Crippen LogP contribution in [0.4, 0.5) is 0 Å². The van der Waals surface area contributed by atoms with Crippen molar-refractivity contribution in [2.75, 3.05) is 33.4 Å². The van der Waals surface area contributed by atoms with Crippen molar-refractivity contribution in [3.05, 3.63) is 0 Å². The van der Waals surface area contributed by atoms with Crippen LogP contribution in [0, 0.1) is 5.92 Å². The molecule has 0 heterocycles. The molecule has 4 heteroatoms. The third-order valence-corrected chi connectivity index (χ3v) is 2.08. The minimum absolute atomic E-state index is 0.624. The molecule has 96 valence electrons. The number of aliphatic imine (C=N–C) groups is 1. The minimum Gasteiger partial charge on any atom is -0.380 e. The van der Waals surface area contributed by atoms with E-state index < -0.39 is 0 Å². The van der Waals surface area contributed by atoms with Gasteiger partial charge in [0, 0.05) is 26.7 Å². The summed E-state index contributed by atoms with van der Waals surface area (Å²) in [6.07, 6.45) is 2.32. The molecule has 0 atom stereocenters. The van der Waals surface area contributed by atoms with Gasteiger partial charge in [0.05, 0.1) is 6.61 Å². The molecule has 0 spiro atoms. The summed E-state index contributed by atoms with van der Waals surface area (Å²) >= 11 is 0. The maximum absolute atomic E-state index is 5.45. The van der Waals surface area contributed by atoms with Crippen molar-refractivity contribution < 1.29 is 4.74 Å². The van der Waals surface area contributed by atoms with Crippen LogP contribution in [-0.2, 0) is 4.74 Å². The van der Waals surface area contributed by atoms with Crippen LogP contribution >= 0.6 is 0 Å². The van der Waals surface area contributed by atoms with Crippen molar-refractivity contribution in [2.24, 2.45) is 10.9 Å². The molecular weight excluding hydrogens is 202 g/mol. The summed E-state index contributed by atoms with van der Waals surface area (Å²) in [5, 5.41) is 6.47. The van der Waals surface area contributed by atoms with E-state index in [1.807, 2.05) is 0 Å². The van der Waals surface area contributed by atoms with E-state index in [1.54, 1.807) is 7.05 Å².